The molecular weight excluding hydrogens is 362 g/mol. The molecule has 0 aliphatic carbocycles. The molecule has 2 aliphatic rings. The van der Waals surface area contributed by atoms with Crippen molar-refractivity contribution in [3.05, 3.63) is 71.8 Å². The molecule has 1 amide bonds. The number of amides is 1. The van der Waals surface area contributed by atoms with Crippen LogP contribution in [0.3, 0.4) is 0 Å². The summed E-state index contributed by atoms with van der Waals surface area (Å²) in [5.74, 6) is 0.0203. The van der Waals surface area contributed by atoms with Crippen molar-refractivity contribution in [2.75, 3.05) is 33.3 Å². The van der Waals surface area contributed by atoms with Gasteiger partial charge in [-0.2, -0.15) is 0 Å². The van der Waals surface area contributed by atoms with Gasteiger partial charge in [-0.3, -0.25) is 14.6 Å². The Morgan fingerprint density at radius 1 is 1.00 bits per heavy atom. The zero-order valence-corrected chi connectivity index (χ0v) is 17.2. The summed E-state index contributed by atoms with van der Waals surface area (Å²) in [5, 5.41) is 3.28. The standard InChI is InChI=1S/C24H31N3O2/c1-26-16-17-29-23(22(26)20-10-6-3-7-11-20)24(28)25-21-12-14-27(15-13-21)18-19-8-4-2-5-9-19/h2-11,21-23H,12-18H2,1H3,(H,25,28)/t22-,23+/m0/s1. The van der Waals surface area contributed by atoms with E-state index in [-0.39, 0.29) is 18.0 Å². The molecular formula is C24H31N3O2. The first-order chi connectivity index (χ1) is 14.2. The Hall–Kier alpha value is -2.21. The van der Waals surface area contributed by atoms with Crippen LogP contribution in [0.1, 0.15) is 30.0 Å². The van der Waals surface area contributed by atoms with Crippen LogP contribution in [0.4, 0.5) is 0 Å². The van der Waals surface area contributed by atoms with Crippen LogP contribution in [-0.2, 0) is 16.1 Å². The van der Waals surface area contributed by atoms with Gasteiger partial charge in [0.15, 0.2) is 6.10 Å². The normalized spacial score (nSPS) is 24.3. The Kier molecular flexibility index (Phi) is 6.60. The first kappa shape index (κ1) is 20.1. The van der Waals surface area contributed by atoms with Crippen molar-refractivity contribution < 1.29 is 9.53 Å². The predicted molar refractivity (Wildman–Crippen MR) is 114 cm³/mol. The zero-order valence-electron chi connectivity index (χ0n) is 17.2. The van der Waals surface area contributed by atoms with Crippen LogP contribution in [0.15, 0.2) is 60.7 Å². The minimum atomic E-state index is -0.460. The molecule has 154 valence electrons. The average molecular weight is 394 g/mol. The molecule has 2 aliphatic heterocycles. The first-order valence-electron chi connectivity index (χ1n) is 10.6. The van der Waals surface area contributed by atoms with Gasteiger partial charge in [-0.15, -0.1) is 0 Å². The minimum absolute atomic E-state index is 0.0203. The summed E-state index contributed by atoms with van der Waals surface area (Å²) in [6.07, 6.45) is 1.51. The van der Waals surface area contributed by atoms with Crippen LogP contribution < -0.4 is 5.32 Å². The summed E-state index contributed by atoms with van der Waals surface area (Å²) < 4.78 is 5.95. The number of likely N-dealkylation sites (N-methyl/N-ethyl adjacent to an activating group) is 1. The van der Waals surface area contributed by atoms with Gasteiger partial charge in [0.1, 0.15) is 0 Å². The fourth-order valence-corrected chi connectivity index (χ4v) is 4.44. The summed E-state index contributed by atoms with van der Waals surface area (Å²) in [7, 11) is 2.07. The summed E-state index contributed by atoms with van der Waals surface area (Å²) in [5.41, 5.74) is 2.48. The second-order valence-corrected chi connectivity index (χ2v) is 8.17. The Morgan fingerprint density at radius 2 is 1.66 bits per heavy atom. The molecule has 0 aromatic heterocycles. The highest BCUT2D eigenvalue weighted by molar-refractivity contribution is 5.82. The highest BCUT2D eigenvalue weighted by Gasteiger charge is 2.37. The van der Waals surface area contributed by atoms with E-state index in [9.17, 15) is 4.79 Å². The average Bonchev–Trinajstić information content (AvgIpc) is 2.76. The number of likely N-dealkylation sites (tertiary alicyclic amines) is 1. The number of carbonyl (C=O) groups excluding carboxylic acids is 1. The van der Waals surface area contributed by atoms with Gasteiger partial charge in [-0.05, 0) is 31.0 Å². The van der Waals surface area contributed by atoms with Crippen molar-refractivity contribution in [2.45, 2.75) is 37.6 Å². The van der Waals surface area contributed by atoms with Crippen molar-refractivity contribution >= 4 is 5.91 Å². The van der Waals surface area contributed by atoms with E-state index in [2.05, 4.69) is 64.6 Å². The van der Waals surface area contributed by atoms with Gasteiger partial charge < -0.3 is 10.1 Å². The van der Waals surface area contributed by atoms with Crippen LogP contribution >= 0.6 is 0 Å². The number of rotatable bonds is 5. The largest absolute Gasteiger partial charge is 0.365 e. The third kappa shape index (κ3) is 5.04. The number of piperidine rings is 1. The second-order valence-electron chi connectivity index (χ2n) is 8.17. The molecule has 1 N–H and O–H groups in total. The Labute approximate surface area is 173 Å². The topological polar surface area (TPSA) is 44.8 Å². The summed E-state index contributed by atoms with van der Waals surface area (Å²) in [4.78, 5) is 17.8. The second kappa shape index (κ2) is 9.53. The molecule has 0 unspecified atom stereocenters. The molecule has 4 rings (SSSR count). The molecule has 2 aromatic rings. The summed E-state index contributed by atoms with van der Waals surface area (Å²) >= 11 is 0. The Morgan fingerprint density at radius 3 is 2.34 bits per heavy atom. The molecule has 0 saturated carbocycles. The lowest BCUT2D eigenvalue weighted by Crippen LogP contribution is -2.54. The van der Waals surface area contributed by atoms with Gasteiger partial charge in [-0.1, -0.05) is 60.7 Å². The number of nitrogens with zero attached hydrogens (tertiary/aromatic N) is 2. The molecule has 2 atom stereocenters. The maximum atomic E-state index is 13.1. The van der Waals surface area contributed by atoms with Crippen LogP contribution in [0.2, 0.25) is 0 Å². The van der Waals surface area contributed by atoms with Crippen LogP contribution in [0.5, 0.6) is 0 Å². The van der Waals surface area contributed by atoms with E-state index in [1.165, 1.54) is 5.56 Å². The highest BCUT2D eigenvalue weighted by Crippen LogP contribution is 2.28. The molecule has 0 bridgehead atoms. The van der Waals surface area contributed by atoms with Gasteiger partial charge in [-0.25, -0.2) is 0 Å². The van der Waals surface area contributed by atoms with E-state index in [0.29, 0.717) is 6.61 Å². The lowest BCUT2D eigenvalue weighted by atomic mass is 9.97. The zero-order chi connectivity index (χ0) is 20.1. The van der Waals surface area contributed by atoms with Crippen LogP contribution in [0, 0.1) is 0 Å². The highest BCUT2D eigenvalue weighted by atomic mass is 16.5. The van der Waals surface area contributed by atoms with E-state index >= 15 is 0 Å². The van der Waals surface area contributed by atoms with Gasteiger partial charge in [0.2, 0.25) is 0 Å². The predicted octanol–water partition coefficient (Wildman–Crippen LogP) is 2.84. The maximum Gasteiger partial charge on any atom is 0.251 e. The van der Waals surface area contributed by atoms with Gasteiger partial charge in [0.05, 0.1) is 12.6 Å². The molecule has 2 saturated heterocycles. The summed E-state index contributed by atoms with van der Waals surface area (Å²) in [6.45, 7) is 4.42. The number of ether oxygens (including phenoxy) is 1. The number of carbonyl (C=O) groups is 1. The van der Waals surface area contributed by atoms with Crippen molar-refractivity contribution in [1.29, 1.82) is 0 Å². The van der Waals surface area contributed by atoms with Crippen molar-refractivity contribution in [3.63, 3.8) is 0 Å². The molecule has 2 heterocycles. The minimum Gasteiger partial charge on any atom is -0.365 e. The van der Waals surface area contributed by atoms with E-state index in [1.807, 2.05) is 18.2 Å². The third-order valence-corrected chi connectivity index (χ3v) is 6.09. The number of morpholine rings is 1. The molecule has 2 aromatic carbocycles. The van der Waals surface area contributed by atoms with Gasteiger partial charge >= 0.3 is 0 Å². The van der Waals surface area contributed by atoms with Crippen molar-refractivity contribution in [1.82, 2.24) is 15.1 Å². The molecule has 5 heteroatoms. The maximum absolute atomic E-state index is 13.1. The lowest BCUT2D eigenvalue weighted by Gasteiger charge is -2.39. The lowest BCUT2D eigenvalue weighted by molar-refractivity contribution is -0.145. The van der Waals surface area contributed by atoms with Gasteiger partial charge in [0, 0.05) is 32.2 Å². The Balaban J connectivity index is 1.33. The molecule has 5 nitrogen and oxygen atoms in total. The first-order valence-corrected chi connectivity index (χ1v) is 10.6. The third-order valence-electron chi connectivity index (χ3n) is 6.09. The van der Waals surface area contributed by atoms with E-state index < -0.39 is 6.10 Å². The van der Waals surface area contributed by atoms with Crippen molar-refractivity contribution in [3.8, 4) is 0 Å². The molecule has 0 radical (unpaired) electrons. The quantitative estimate of drug-likeness (QED) is 0.849. The molecule has 29 heavy (non-hydrogen) atoms. The van der Waals surface area contributed by atoms with Crippen LogP contribution in [-0.4, -0.2) is 61.1 Å². The summed E-state index contributed by atoms with van der Waals surface area (Å²) in [6, 6.07) is 21.0. The van der Waals surface area contributed by atoms with Crippen molar-refractivity contribution in [2.24, 2.45) is 0 Å². The fraction of sp³-hybridized carbons (Fsp3) is 0.458. The SMILES string of the molecule is CN1CCO[C@@H](C(=O)NC2CCN(Cc3ccccc3)CC2)[C@@H]1c1ccccc1. The van der Waals surface area contributed by atoms with E-state index in [0.717, 1.165) is 44.6 Å². The van der Waals surface area contributed by atoms with Gasteiger partial charge in [0.25, 0.3) is 5.91 Å². The number of nitrogens with one attached hydrogen (secondary N) is 1. The monoisotopic (exact) mass is 393 g/mol. The Bertz CT molecular complexity index is 775. The number of hydrogen-bond acceptors (Lipinski definition) is 4. The van der Waals surface area contributed by atoms with E-state index in [4.69, 9.17) is 4.74 Å². The number of hydrogen-bond donors (Lipinski definition) is 1. The molecule has 2 fully saturated rings. The fourth-order valence-electron chi connectivity index (χ4n) is 4.44. The van der Waals surface area contributed by atoms with E-state index in [1.54, 1.807) is 0 Å². The molecule has 0 spiro atoms. The smallest absolute Gasteiger partial charge is 0.251 e. The van der Waals surface area contributed by atoms with Crippen LogP contribution in [0.25, 0.3) is 0 Å². The number of benzene rings is 2.